The van der Waals surface area contributed by atoms with Crippen LogP contribution in [0.2, 0.25) is 18.1 Å². The van der Waals surface area contributed by atoms with Crippen LogP contribution in [0.15, 0.2) is 39.9 Å². The maximum absolute atomic E-state index is 13.6. The highest BCUT2D eigenvalue weighted by atomic mass is 32.1. The standard InChI is InChI=1S/C29H40N2O6SSi/c1-8-36-27(34)24-20(2)23-25(33)31(19-22(32)15-12-18-37-39(6,7)29(3,4)5)28(35)30(26(23)38-24)17-16-21-13-10-9-11-14-21/h9-11,13-14H,8,12,15-19H2,1-7H3. The number of hydrogen-bond donors (Lipinski definition) is 0. The van der Waals surface area contributed by atoms with E-state index in [2.05, 4.69) is 33.9 Å². The second kappa shape index (κ2) is 12.6. The van der Waals surface area contributed by atoms with E-state index in [4.69, 9.17) is 9.16 Å². The molecule has 0 aliphatic carbocycles. The van der Waals surface area contributed by atoms with Crippen LogP contribution in [0.1, 0.15) is 61.3 Å². The van der Waals surface area contributed by atoms with Crippen molar-refractivity contribution in [3.05, 3.63) is 67.2 Å². The molecule has 0 spiro atoms. The number of nitrogens with zero attached hydrogens (tertiary/aromatic N) is 2. The van der Waals surface area contributed by atoms with Gasteiger partial charge < -0.3 is 9.16 Å². The fraction of sp³-hybridized carbons (Fsp3) is 0.517. The molecule has 0 bridgehead atoms. The molecule has 0 unspecified atom stereocenters. The number of esters is 1. The summed E-state index contributed by atoms with van der Waals surface area (Å²) in [5.74, 6) is -0.734. The fourth-order valence-electron chi connectivity index (χ4n) is 4.08. The van der Waals surface area contributed by atoms with Gasteiger partial charge in [-0.15, -0.1) is 11.3 Å². The third kappa shape index (κ3) is 7.04. The monoisotopic (exact) mass is 572 g/mol. The maximum Gasteiger partial charge on any atom is 0.348 e. The highest BCUT2D eigenvalue weighted by Gasteiger charge is 2.36. The van der Waals surface area contributed by atoms with E-state index in [0.717, 1.165) is 21.5 Å². The average Bonchev–Trinajstić information content (AvgIpc) is 3.21. The number of benzene rings is 1. The average molecular weight is 573 g/mol. The molecular weight excluding hydrogens is 532 g/mol. The Morgan fingerprint density at radius 2 is 1.72 bits per heavy atom. The van der Waals surface area contributed by atoms with Crippen molar-refractivity contribution < 1.29 is 18.8 Å². The summed E-state index contributed by atoms with van der Waals surface area (Å²) in [5, 5.41) is 0.357. The molecule has 0 N–H and O–H groups in total. The number of Topliss-reactive ketones (excluding diaryl/α,β-unsaturated/α-hetero) is 1. The molecule has 2 aromatic heterocycles. The summed E-state index contributed by atoms with van der Waals surface area (Å²) >= 11 is 1.09. The topological polar surface area (TPSA) is 96.6 Å². The van der Waals surface area contributed by atoms with Gasteiger partial charge in [0.05, 0.1) is 18.5 Å². The van der Waals surface area contributed by atoms with Crippen LogP contribution in [0.5, 0.6) is 0 Å². The Balaban J connectivity index is 1.92. The van der Waals surface area contributed by atoms with Gasteiger partial charge in [-0.25, -0.2) is 9.59 Å². The summed E-state index contributed by atoms with van der Waals surface area (Å²) in [6.45, 7) is 14.9. The first-order chi connectivity index (χ1) is 18.3. The second-order valence-corrected chi connectivity index (χ2v) is 17.1. The first kappa shape index (κ1) is 30.7. The van der Waals surface area contributed by atoms with Crippen molar-refractivity contribution in [3.8, 4) is 0 Å². The smallest absolute Gasteiger partial charge is 0.348 e. The number of hydrogen-bond acceptors (Lipinski definition) is 7. The zero-order valence-electron chi connectivity index (χ0n) is 24.1. The Hall–Kier alpha value is -2.82. The van der Waals surface area contributed by atoms with Gasteiger partial charge in [0.15, 0.2) is 14.1 Å². The van der Waals surface area contributed by atoms with Gasteiger partial charge >= 0.3 is 11.7 Å². The van der Waals surface area contributed by atoms with Crippen LogP contribution in [-0.2, 0) is 33.5 Å². The zero-order valence-corrected chi connectivity index (χ0v) is 25.9. The molecule has 0 saturated heterocycles. The van der Waals surface area contributed by atoms with E-state index in [1.165, 1.54) is 4.57 Å². The van der Waals surface area contributed by atoms with Gasteiger partial charge in [0.1, 0.15) is 9.71 Å². The van der Waals surface area contributed by atoms with Crippen molar-refractivity contribution in [2.75, 3.05) is 13.2 Å². The van der Waals surface area contributed by atoms with Crippen LogP contribution in [0, 0.1) is 6.92 Å². The lowest BCUT2D eigenvalue weighted by molar-refractivity contribution is -0.120. The van der Waals surface area contributed by atoms with E-state index in [9.17, 15) is 19.2 Å². The third-order valence-electron chi connectivity index (χ3n) is 7.43. The Morgan fingerprint density at radius 1 is 1.05 bits per heavy atom. The van der Waals surface area contributed by atoms with E-state index in [-0.39, 0.29) is 35.8 Å². The third-order valence-corrected chi connectivity index (χ3v) is 13.3. The van der Waals surface area contributed by atoms with Crippen LogP contribution in [0.3, 0.4) is 0 Å². The van der Waals surface area contributed by atoms with Gasteiger partial charge in [-0.1, -0.05) is 51.1 Å². The highest BCUT2D eigenvalue weighted by Crippen LogP contribution is 2.36. The van der Waals surface area contributed by atoms with E-state index in [0.29, 0.717) is 41.3 Å². The lowest BCUT2D eigenvalue weighted by atomic mass is 10.1. The minimum atomic E-state index is -1.92. The number of rotatable bonds is 12. The minimum absolute atomic E-state index is 0.0748. The molecule has 3 rings (SSSR count). The van der Waals surface area contributed by atoms with E-state index in [1.807, 2.05) is 30.3 Å². The molecule has 2 heterocycles. The molecule has 0 atom stereocenters. The van der Waals surface area contributed by atoms with E-state index in [1.54, 1.807) is 13.8 Å². The molecule has 39 heavy (non-hydrogen) atoms. The largest absolute Gasteiger partial charge is 0.462 e. The molecule has 0 amide bonds. The summed E-state index contributed by atoms with van der Waals surface area (Å²) in [4.78, 5) is 53.4. The zero-order chi connectivity index (χ0) is 29.0. The van der Waals surface area contributed by atoms with Crippen LogP contribution >= 0.6 is 11.3 Å². The number of fused-ring (bicyclic) bond motifs is 1. The van der Waals surface area contributed by atoms with Crippen LogP contribution in [-0.4, -0.2) is 42.4 Å². The van der Waals surface area contributed by atoms with Gasteiger partial charge in [0, 0.05) is 19.6 Å². The summed E-state index contributed by atoms with van der Waals surface area (Å²) < 4.78 is 13.9. The van der Waals surface area contributed by atoms with Crippen molar-refractivity contribution in [3.63, 3.8) is 0 Å². The van der Waals surface area contributed by atoms with Crippen LogP contribution < -0.4 is 11.2 Å². The Morgan fingerprint density at radius 3 is 2.33 bits per heavy atom. The number of aryl methyl sites for hydroxylation is 3. The fourth-order valence-corrected chi connectivity index (χ4v) is 6.38. The van der Waals surface area contributed by atoms with Crippen molar-refractivity contribution in [1.29, 1.82) is 0 Å². The number of carbonyl (C=O) groups excluding carboxylic acids is 2. The van der Waals surface area contributed by atoms with Crippen molar-refractivity contribution in [2.45, 2.75) is 85.1 Å². The van der Waals surface area contributed by atoms with Gasteiger partial charge in [0.25, 0.3) is 5.56 Å². The number of ketones is 1. The van der Waals surface area contributed by atoms with Crippen molar-refractivity contribution >= 4 is 41.6 Å². The second-order valence-electron chi connectivity index (χ2n) is 11.3. The first-order valence-electron chi connectivity index (χ1n) is 13.4. The molecular formula is C29H40N2O6SSi. The van der Waals surface area contributed by atoms with Crippen molar-refractivity contribution in [1.82, 2.24) is 9.13 Å². The number of aromatic nitrogens is 2. The molecule has 10 heteroatoms. The lowest BCUT2D eigenvalue weighted by Gasteiger charge is -2.36. The molecule has 0 aliphatic heterocycles. The van der Waals surface area contributed by atoms with Crippen molar-refractivity contribution in [2.24, 2.45) is 0 Å². The summed E-state index contributed by atoms with van der Waals surface area (Å²) in [6, 6.07) is 9.71. The molecule has 0 fully saturated rings. The van der Waals surface area contributed by atoms with Gasteiger partial charge in [-0.05, 0) is 55.9 Å². The maximum atomic E-state index is 13.6. The Bertz CT molecular complexity index is 1450. The molecule has 1 aromatic carbocycles. The summed E-state index contributed by atoms with van der Waals surface area (Å²) in [7, 11) is -1.92. The Labute approximate surface area is 234 Å². The van der Waals surface area contributed by atoms with Gasteiger partial charge in [0.2, 0.25) is 0 Å². The molecule has 0 aliphatic rings. The van der Waals surface area contributed by atoms with E-state index >= 15 is 0 Å². The Kier molecular flexibility index (Phi) is 9.90. The summed E-state index contributed by atoms with van der Waals surface area (Å²) in [6.07, 6.45) is 1.28. The summed E-state index contributed by atoms with van der Waals surface area (Å²) in [5.41, 5.74) is 0.398. The number of ether oxygens (including phenoxy) is 1. The van der Waals surface area contributed by atoms with Gasteiger partial charge in [-0.3, -0.25) is 18.7 Å². The molecule has 212 valence electrons. The normalized spacial score (nSPS) is 12.2. The quantitative estimate of drug-likeness (QED) is 0.166. The first-order valence-corrected chi connectivity index (χ1v) is 17.1. The minimum Gasteiger partial charge on any atom is -0.462 e. The van der Waals surface area contributed by atoms with Crippen LogP contribution in [0.25, 0.3) is 10.2 Å². The predicted octanol–water partition coefficient (Wildman–Crippen LogP) is 5.32. The van der Waals surface area contributed by atoms with Gasteiger partial charge in [-0.2, -0.15) is 0 Å². The van der Waals surface area contributed by atoms with E-state index < -0.39 is 25.5 Å². The van der Waals surface area contributed by atoms with Crippen LogP contribution in [0.4, 0.5) is 0 Å². The SMILES string of the molecule is CCOC(=O)c1sc2c(c1C)c(=O)n(CC(=O)CCCO[Si](C)(C)C(C)(C)C)c(=O)n2CCc1ccccc1. The highest BCUT2D eigenvalue weighted by molar-refractivity contribution is 7.20. The lowest BCUT2D eigenvalue weighted by Crippen LogP contribution is -2.42. The molecule has 0 radical (unpaired) electrons. The number of carbonyl (C=O) groups is 2. The molecule has 8 nitrogen and oxygen atoms in total. The number of thiophene rings is 1. The predicted molar refractivity (Wildman–Crippen MR) is 159 cm³/mol. The molecule has 0 saturated carbocycles. The molecule has 3 aromatic rings.